The zero-order chi connectivity index (χ0) is 11.9. The summed E-state index contributed by atoms with van der Waals surface area (Å²) in [7, 11) is 2.00. The molecular weight excluding hydrogens is 210 g/mol. The molecule has 1 aliphatic rings. The molecule has 2 nitrogen and oxygen atoms in total. The molecule has 94 valence electrons. The second-order valence-corrected chi connectivity index (χ2v) is 4.87. The molecule has 0 saturated carbocycles. The van der Waals surface area contributed by atoms with Gasteiger partial charge in [-0.05, 0) is 51.3 Å². The number of hydrogen-bond acceptors (Lipinski definition) is 2. The zero-order valence-corrected chi connectivity index (χ0v) is 10.7. The van der Waals surface area contributed by atoms with E-state index in [-0.39, 0.29) is 0 Å². The third-order valence-corrected chi connectivity index (χ3v) is 3.51. The molecule has 1 heterocycles. The Hall–Kier alpha value is -0.860. The molecule has 1 fully saturated rings. The van der Waals surface area contributed by atoms with Gasteiger partial charge in [0.25, 0.3) is 0 Å². The van der Waals surface area contributed by atoms with Crippen LogP contribution < -0.4 is 5.32 Å². The van der Waals surface area contributed by atoms with Gasteiger partial charge < -0.3 is 10.1 Å². The molecule has 1 saturated heterocycles. The average molecular weight is 233 g/mol. The molecule has 1 N–H and O–H groups in total. The summed E-state index contributed by atoms with van der Waals surface area (Å²) in [5.41, 5.74) is 1.43. The predicted octanol–water partition coefficient (Wildman–Crippen LogP) is 2.78. The number of hydrogen-bond donors (Lipinski definition) is 1. The molecule has 0 bridgehead atoms. The van der Waals surface area contributed by atoms with Crippen molar-refractivity contribution >= 4 is 0 Å². The monoisotopic (exact) mass is 233 g/mol. The van der Waals surface area contributed by atoms with Gasteiger partial charge in [-0.15, -0.1) is 0 Å². The van der Waals surface area contributed by atoms with E-state index in [4.69, 9.17) is 4.74 Å². The maximum Gasteiger partial charge on any atom is 0.0592 e. The first-order valence-corrected chi connectivity index (χ1v) is 6.72. The van der Waals surface area contributed by atoms with Gasteiger partial charge in [-0.25, -0.2) is 0 Å². The van der Waals surface area contributed by atoms with Crippen LogP contribution in [-0.4, -0.2) is 25.8 Å². The Balaban J connectivity index is 1.68. The van der Waals surface area contributed by atoms with Gasteiger partial charge >= 0.3 is 0 Å². The van der Waals surface area contributed by atoms with Gasteiger partial charge in [0.15, 0.2) is 0 Å². The van der Waals surface area contributed by atoms with E-state index < -0.39 is 0 Å². The van der Waals surface area contributed by atoms with Gasteiger partial charge in [0.1, 0.15) is 0 Å². The molecule has 0 radical (unpaired) electrons. The molecule has 0 aliphatic carbocycles. The topological polar surface area (TPSA) is 21.3 Å². The largest absolute Gasteiger partial charge is 0.375 e. The fourth-order valence-electron chi connectivity index (χ4n) is 2.48. The average Bonchev–Trinajstić information content (AvgIpc) is 2.83. The minimum atomic E-state index is 0.483. The van der Waals surface area contributed by atoms with Crippen molar-refractivity contribution < 1.29 is 4.74 Å². The summed E-state index contributed by atoms with van der Waals surface area (Å²) >= 11 is 0. The van der Waals surface area contributed by atoms with E-state index in [1.807, 2.05) is 7.05 Å². The zero-order valence-electron chi connectivity index (χ0n) is 10.7. The van der Waals surface area contributed by atoms with Gasteiger partial charge in [-0.2, -0.15) is 0 Å². The summed E-state index contributed by atoms with van der Waals surface area (Å²) in [6.45, 7) is 1.07. The molecule has 2 atom stereocenters. The first-order valence-electron chi connectivity index (χ1n) is 6.72. The fraction of sp³-hybridized carbons (Fsp3) is 0.600. The lowest BCUT2D eigenvalue weighted by molar-refractivity contribution is 0.0369. The van der Waals surface area contributed by atoms with E-state index in [1.54, 1.807) is 0 Å². The summed E-state index contributed by atoms with van der Waals surface area (Å²) in [6.07, 6.45) is 6.91. The van der Waals surface area contributed by atoms with Crippen molar-refractivity contribution in [2.24, 2.45) is 0 Å². The second kappa shape index (κ2) is 6.77. The molecular formula is C15H23NO. The van der Waals surface area contributed by atoms with E-state index in [2.05, 4.69) is 35.6 Å². The van der Waals surface area contributed by atoms with Crippen LogP contribution in [0.5, 0.6) is 0 Å². The van der Waals surface area contributed by atoms with Crippen LogP contribution in [0.25, 0.3) is 0 Å². The molecule has 0 spiro atoms. The molecule has 0 amide bonds. The molecule has 1 aliphatic heterocycles. The quantitative estimate of drug-likeness (QED) is 0.816. The lowest BCUT2D eigenvalue weighted by Crippen LogP contribution is -2.18. The molecule has 17 heavy (non-hydrogen) atoms. The summed E-state index contributed by atoms with van der Waals surface area (Å²) in [5, 5.41) is 3.19. The summed E-state index contributed by atoms with van der Waals surface area (Å²) < 4.78 is 6.05. The SMILES string of the molecule is CNCCC1CCC(CCc2ccccc2)O1. The van der Waals surface area contributed by atoms with Gasteiger partial charge in [0.05, 0.1) is 12.2 Å². The summed E-state index contributed by atoms with van der Waals surface area (Å²) in [5.74, 6) is 0. The molecule has 2 unspecified atom stereocenters. The first-order chi connectivity index (χ1) is 8.38. The van der Waals surface area contributed by atoms with Crippen LogP contribution in [0.4, 0.5) is 0 Å². The standard InChI is InChI=1S/C15H23NO/c1-16-12-11-15-10-9-14(17-15)8-7-13-5-3-2-4-6-13/h2-6,14-16H,7-12H2,1H3. The van der Waals surface area contributed by atoms with E-state index in [9.17, 15) is 0 Å². The highest BCUT2D eigenvalue weighted by Gasteiger charge is 2.24. The Labute approximate surface area is 104 Å². The minimum Gasteiger partial charge on any atom is -0.375 e. The van der Waals surface area contributed by atoms with E-state index in [0.717, 1.165) is 19.4 Å². The first kappa shape index (κ1) is 12.6. The van der Waals surface area contributed by atoms with E-state index >= 15 is 0 Å². The fourth-order valence-corrected chi connectivity index (χ4v) is 2.48. The highest BCUT2D eigenvalue weighted by Crippen LogP contribution is 2.25. The Morgan fingerprint density at radius 3 is 2.53 bits per heavy atom. The van der Waals surface area contributed by atoms with Crippen molar-refractivity contribution in [3.63, 3.8) is 0 Å². The van der Waals surface area contributed by atoms with Crippen molar-refractivity contribution in [3.8, 4) is 0 Å². The second-order valence-electron chi connectivity index (χ2n) is 4.87. The predicted molar refractivity (Wildman–Crippen MR) is 71.2 cm³/mol. The lowest BCUT2D eigenvalue weighted by atomic mass is 10.0. The highest BCUT2D eigenvalue weighted by molar-refractivity contribution is 5.14. The Morgan fingerprint density at radius 2 is 1.82 bits per heavy atom. The molecule has 2 rings (SSSR count). The number of nitrogens with one attached hydrogen (secondary N) is 1. The van der Waals surface area contributed by atoms with Crippen molar-refractivity contribution in [1.29, 1.82) is 0 Å². The maximum atomic E-state index is 6.05. The van der Waals surface area contributed by atoms with Gasteiger partial charge in [-0.3, -0.25) is 0 Å². The number of benzene rings is 1. The highest BCUT2D eigenvalue weighted by atomic mass is 16.5. The summed E-state index contributed by atoms with van der Waals surface area (Å²) in [4.78, 5) is 0. The number of aryl methyl sites for hydroxylation is 1. The Bertz CT molecular complexity index is 312. The smallest absolute Gasteiger partial charge is 0.0592 e. The van der Waals surface area contributed by atoms with Crippen molar-refractivity contribution in [2.75, 3.05) is 13.6 Å². The van der Waals surface area contributed by atoms with Crippen LogP contribution in [0.1, 0.15) is 31.2 Å². The van der Waals surface area contributed by atoms with Crippen LogP contribution in [0.15, 0.2) is 30.3 Å². The Morgan fingerprint density at radius 1 is 1.12 bits per heavy atom. The molecule has 2 heteroatoms. The van der Waals surface area contributed by atoms with Gasteiger partial charge in [-0.1, -0.05) is 30.3 Å². The lowest BCUT2D eigenvalue weighted by Gasteiger charge is -2.13. The van der Waals surface area contributed by atoms with E-state index in [0.29, 0.717) is 12.2 Å². The van der Waals surface area contributed by atoms with Crippen LogP contribution in [0.3, 0.4) is 0 Å². The van der Waals surface area contributed by atoms with Crippen LogP contribution in [-0.2, 0) is 11.2 Å². The third-order valence-electron chi connectivity index (χ3n) is 3.51. The molecule has 1 aromatic rings. The number of rotatable bonds is 6. The number of ether oxygens (including phenoxy) is 1. The molecule has 1 aromatic carbocycles. The third kappa shape index (κ3) is 4.14. The summed E-state index contributed by atoms with van der Waals surface area (Å²) in [6, 6.07) is 10.7. The van der Waals surface area contributed by atoms with Crippen molar-refractivity contribution in [2.45, 2.75) is 44.3 Å². The van der Waals surface area contributed by atoms with Crippen LogP contribution in [0, 0.1) is 0 Å². The van der Waals surface area contributed by atoms with Crippen LogP contribution >= 0.6 is 0 Å². The van der Waals surface area contributed by atoms with Crippen molar-refractivity contribution in [1.82, 2.24) is 5.32 Å². The van der Waals surface area contributed by atoms with Crippen LogP contribution in [0.2, 0.25) is 0 Å². The van der Waals surface area contributed by atoms with Gasteiger partial charge in [0, 0.05) is 0 Å². The Kier molecular flexibility index (Phi) is 5.02. The normalized spacial score (nSPS) is 24.1. The molecule has 0 aromatic heterocycles. The van der Waals surface area contributed by atoms with E-state index in [1.165, 1.54) is 24.8 Å². The van der Waals surface area contributed by atoms with Gasteiger partial charge in [0.2, 0.25) is 0 Å². The minimum absolute atomic E-state index is 0.483. The maximum absolute atomic E-state index is 6.05. The van der Waals surface area contributed by atoms with Crippen molar-refractivity contribution in [3.05, 3.63) is 35.9 Å².